The Hall–Kier alpha value is -3.06. The van der Waals surface area contributed by atoms with Crippen molar-refractivity contribution in [3.05, 3.63) is 92.5 Å². The summed E-state index contributed by atoms with van der Waals surface area (Å²) in [5.41, 5.74) is 0.0727. The second kappa shape index (κ2) is 7.52. The van der Waals surface area contributed by atoms with Gasteiger partial charge in [0.15, 0.2) is 11.2 Å². The highest BCUT2D eigenvalue weighted by Gasteiger charge is 2.22. The molecule has 3 aromatic heterocycles. The zero-order valence-electron chi connectivity index (χ0n) is 15.0. The second-order valence-corrected chi connectivity index (χ2v) is 7.28. The minimum absolute atomic E-state index is 0.0327. The molecular weight excluding hydrogens is 426 g/mol. The third kappa shape index (κ3) is 3.80. The summed E-state index contributed by atoms with van der Waals surface area (Å²) in [7, 11) is 0. The van der Waals surface area contributed by atoms with Gasteiger partial charge in [0.05, 0.1) is 24.7 Å². The minimum atomic E-state index is -0.424. The van der Waals surface area contributed by atoms with Crippen molar-refractivity contribution >= 4 is 32.8 Å². The molecule has 0 aliphatic heterocycles. The van der Waals surface area contributed by atoms with Crippen LogP contribution >= 0.6 is 15.9 Å². The van der Waals surface area contributed by atoms with Crippen LogP contribution in [-0.2, 0) is 13.1 Å². The van der Waals surface area contributed by atoms with E-state index in [9.17, 15) is 9.59 Å². The minimum Gasteiger partial charge on any atom is -0.467 e. The summed E-state index contributed by atoms with van der Waals surface area (Å²) in [5, 5.41) is 0.408. The summed E-state index contributed by atoms with van der Waals surface area (Å²) in [6, 6.07) is 13.5. The topological polar surface area (TPSA) is 76.8 Å². The van der Waals surface area contributed by atoms with Gasteiger partial charge in [-0.2, -0.15) is 0 Å². The van der Waals surface area contributed by atoms with E-state index in [4.69, 9.17) is 13.3 Å². The molecule has 0 atom stereocenters. The maximum absolute atomic E-state index is 13.1. The highest BCUT2D eigenvalue weighted by atomic mass is 79.9. The van der Waals surface area contributed by atoms with Gasteiger partial charge in [-0.05, 0) is 49.4 Å². The zero-order chi connectivity index (χ0) is 19.7. The average molecular weight is 442 g/mol. The lowest BCUT2D eigenvalue weighted by Crippen LogP contribution is -2.30. The maximum atomic E-state index is 13.1. The summed E-state index contributed by atoms with van der Waals surface area (Å²) < 4.78 is 17.5. The number of hydrogen-bond donors (Lipinski definition) is 0. The highest BCUT2D eigenvalue weighted by Crippen LogP contribution is 2.21. The van der Waals surface area contributed by atoms with Gasteiger partial charge in [0, 0.05) is 10.5 Å². The van der Waals surface area contributed by atoms with Crippen LogP contribution in [0.15, 0.2) is 77.3 Å². The van der Waals surface area contributed by atoms with Gasteiger partial charge >= 0.3 is 0 Å². The molecule has 0 aliphatic rings. The molecular formula is C21H16BrNO5. The molecule has 0 saturated heterocycles. The van der Waals surface area contributed by atoms with E-state index in [1.54, 1.807) is 36.6 Å². The van der Waals surface area contributed by atoms with Crippen LogP contribution < -0.4 is 5.43 Å². The normalized spacial score (nSPS) is 11.1. The van der Waals surface area contributed by atoms with Gasteiger partial charge in [-0.3, -0.25) is 9.59 Å². The van der Waals surface area contributed by atoms with Crippen molar-refractivity contribution < 1.29 is 18.0 Å². The number of aryl methyl sites for hydroxylation is 1. The Kier molecular flexibility index (Phi) is 4.92. The number of furan rings is 2. The Balaban J connectivity index is 1.70. The number of halogens is 1. The van der Waals surface area contributed by atoms with E-state index in [1.165, 1.54) is 11.0 Å². The van der Waals surface area contributed by atoms with Gasteiger partial charge in [0.25, 0.3) is 5.91 Å². The van der Waals surface area contributed by atoms with E-state index in [-0.39, 0.29) is 24.3 Å². The Morgan fingerprint density at radius 1 is 1.04 bits per heavy atom. The van der Waals surface area contributed by atoms with Crippen LogP contribution in [0.2, 0.25) is 0 Å². The third-order valence-electron chi connectivity index (χ3n) is 4.26. The largest absolute Gasteiger partial charge is 0.467 e. The molecule has 0 aliphatic carbocycles. The third-order valence-corrected chi connectivity index (χ3v) is 4.75. The number of hydrogen-bond acceptors (Lipinski definition) is 5. The molecule has 6 nitrogen and oxygen atoms in total. The maximum Gasteiger partial charge on any atom is 0.290 e. The van der Waals surface area contributed by atoms with Crippen molar-refractivity contribution in [3.8, 4) is 0 Å². The SMILES string of the molecule is Cc1ccc(CN(Cc2ccco2)C(=O)c2cc(=O)c3cc(Br)ccc3o2)o1. The van der Waals surface area contributed by atoms with Gasteiger partial charge in [-0.25, -0.2) is 0 Å². The molecule has 4 rings (SSSR count). The van der Waals surface area contributed by atoms with E-state index >= 15 is 0 Å². The molecule has 0 saturated carbocycles. The lowest BCUT2D eigenvalue weighted by atomic mass is 10.2. The fraction of sp³-hybridized carbons (Fsp3) is 0.143. The van der Waals surface area contributed by atoms with Crippen LogP contribution in [0.4, 0.5) is 0 Å². The summed E-state index contributed by atoms with van der Waals surface area (Å²) in [6.45, 7) is 2.27. The Bertz CT molecular complexity index is 1190. The molecule has 0 spiro atoms. The first kappa shape index (κ1) is 18.3. The van der Waals surface area contributed by atoms with E-state index in [0.29, 0.717) is 22.5 Å². The Morgan fingerprint density at radius 3 is 2.57 bits per heavy atom. The van der Waals surface area contributed by atoms with Crippen molar-refractivity contribution in [1.82, 2.24) is 4.90 Å². The number of nitrogens with zero attached hydrogens (tertiary/aromatic N) is 1. The number of benzene rings is 1. The van der Waals surface area contributed by atoms with Crippen molar-refractivity contribution in [2.45, 2.75) is 20.0 Å². The molecule has 142 valence electrons. The van der Waals surface area contributed by atoms with Crippen LogP contribution in [0.25, 0.3) is 11.0 Å². The second-order valence-electron chi connectivity index (χ2n) is 6.37. The molecule has 4 aromatic rings. The predicted molar refractivity (Wildman–Crippen MR) is 106 cm³/mol. The van der Waals surface area contributed by atoms with Crippen LogP contribution in [0, 0.1) is 6.92 Å². The zero-order valence-corrected chi connectivity index (χ0v) is 16.6. The van der Waals surface area contributed by atoms with Crippen LogP contribution in [-0.4, -0.2) is 10.8 Å². The number of carbonyl (C=O) groups is 1. The van der Waals surface area contributed by atoms with Gasteiger partial charge in [0.2, 0.25) is 0 Å². The fourth-order valence-electron chi connectivity index (χ4n) is 2.94. The van der Waals surface area contributed by atoms with Gasteiger partial charge in [-0.1, -0.05) is 15.9 Å². The van der Waals surface area contributed by atoms with Crippen LogP contribution in [0.3, 0.4) is 0 Å². The fourth-order valence-corrected chi connectivity index (χ4v) is 3.30. The standard InChI is InChI=1S/C21H16BrNO5/c1-13-4-6-16(27-13)12-23(11-15-3-2-8-26-15)21(25)20-10-18(24)17-9-14(22)5-7-19(17)28-20/h2-10H,11-12H2,1H3. The van der Waals surface area contributed by atoms with E-state index in [0.717, 1.165) is 10.2 Å². The van der Waals surface area contributed by atoms with Crippen molar-refractivity contribution in [3.63, 3.8) is 0 Å². The molecule has 0 radical (unpaired) electrons. The van der Waals surface area contributed by atoms with Gasteiger partial charge < -0.3 is 18.2 Å². The summed E-state index contributed by atoms with van der Waals surface area (Å²) >= 11 is 3.33. The molecule has 1 amide bonds. The molecule has 28 heavy (non-hydrogen) atoms. The monoisotopic (exact) mass is 441 g/mol. The Labute approximate surface area is 168 Å². The molecule has 1 aromatic carbocycles. The quantitative estimate of drug-likeness (QED) is 0.440. The van der Waals surface area contributed by atoms with Crippen molar-refractivity contribution in [1.29, 1.82) is 0 Å². The lowest BCUT2D eigenvalue weighted by molar-refractivity contribution is 0.0672. The predicted octanol–water partition coefficient (Wildman–Crippen LogP) is 4.89. The first-order valence-electron chi connectivity index (χ1n) is 8.60. The molecule has 0 bridgehead atoms. The molecule has 7 heteroatoms. The van der Waals surface area contributed by atoms with E-state index < -0.39 is 5.91 Å². The number of fused-ring (bicyclic) bond motifs is 1. The van der Waals surface area contributed by atoms with Gasteiger partial charge in [0.1, 0.15) is 22.9 Å². The van der Waals surface area contributed by atoms with Crippen molar-refractivity contribution in [2.24, 2.45) is 0 Å². The number of carbonyl (C=O) groups excluding carboxylic acids is 1. The lowest BCUT2D eigenvalue weighted by Gasteiger charge is -2.20. The van der Waals surface area contributed by atoms with E-state index in [1.807, 2.05) is 19.1 Å². The molecule has 0 N–H and O–H groups in total. The number of amides is 1. The first-order valence-corrected chi connectivity index (χ1v) is 9.39. The van der Waals surface area contributed by atoms with Crippen LogP contribution in [0.1, 0.15) is 27.8 Å². The number of rotatable bonds is 5. The average Bonchev–Trinajstić information content (AvgIpc) is 3.33. The molecule has 0 fully saturated rings. The summed E-state index contributed by atoms with van der Waals surface area (Å²) in [6.07, 6.45) is 1.54. The van der Waals surface area contributed by atoms with Gasteiger partial charge in [-0.15, -0.1) is 0 Å². The summed E-state index contributed by atoms with van der Waals surface area (Å²) in [4.78, 5) is 27.1. The summed E-state index contributed by atoms with van der Waals surface area (Å²) in [5.74, 6) is 1.54. The Morgan fingerprint density at radius 2 is 1.86 bits per heavy atom. The van der Waals surface area contributed by atoms with E-state index in [2.05, 4.69) is 15.9 Å². The van der Waals surface area contributed by atoms with Crippen LogP contribution in [0.5, 0.6) is 0 Å². The molecule has 3 heterocycles. The molecule has 0 unspecified atom stereocenters. The van der Waals surface area contributed by atoms with Crippen molar-refractivity contribution in [2.75, 3.05) is 0 Å². The smallest absolute Gasteiger partial charge is 0.290 e. The highest BCUT2D eigenvalue weighted by molar-refractivity contribution is 9.10. The first-order chi connectivity index (χ1) is 13.5.